The molecule has 0 amide bonds. The Bertz CT molecular complexity index is 993. The van der Waals surface area contributed by atoms with Crippen LogP contribution >= 0.6 is 31.9 Å². The predicted molar refractivity (Wildman–Crippen MR) is 121 cm³/mol. The first kappa shape index (κ1) is 25.5. The highest BCUT2D eigenvalue weighted by Gasteiger charge is 2.20. The van der Waals surface area contributed by atoms with Crippen LogP contribution in [0.5, 0.6) is 11.5 Å². The molecular formula is C22H20Br2O8. The highest BCUT2D eigenvalue weighted by Crippen LogP contribution is 2.32. The van der Waals surface area contributed by atoms with Crippen molar-refractivity contribution in [2.75, 3.05) is 0 Å². The topological polar surface area (TPSA) is 127 Å². The lowest BCUT2D eigenvalue weighted by molar-refractivity contribution is -0.136. The van der Waals surface area contributed by atoms with Gasteiger partial charge in [0, 0.05) is 12.8 Å². The Kier molecular flexibility index (Phi) is 8.97. The number of unbranched alkanes of at least 4 members (excludes halogenated alkanes) is 1. The first-order valence-electron chi connectivity index (χ1n) is 9.47. The first-order valence-corrected chi connectivity index (χ1v) is 11.1. The molecule has 0 fully saturated rings. The van der Waals surface area contributed by atoms with E-state index in [9.17, 15) is 29.4 Å². The number of aryl methyl sites for hydroxylation is 2. The molecular weight excluding hydrogens is 552 g/mol. The van der Waals surface area contributed by atoms with E-state index in [1.165, 1.54) is 12.1 Å². The maximum absolute atomic E-state index is 12.1. The number of carboxylic acids is 2. The summed E-state index contributed by atoms with van der Waals surface area (Å²) < 4.78 is 11.1. The molecule has 0 aliphatic rings. The summed E-state index contributed by atoms with van der Waals surface area (Å²) in [4.78, 5) is 47.1. The van der Waals surface area contributed by atoms with Gasteiger partial charge in [-0.25, -0.2) is 9.59 Å². The van der Waals surface area contributed by atoms with Crippen molar-refractivity contribution >= 4 is 55.7 Å². The Morgan fingerprint density at radius 1 is 0.719 bits per heavy atom. The molecule has 0 aliphatic heterocycles. The lowest BCUT2D eigenvalue weighted by Gasteiger charge is -2.11. The van der Waals surface area contributed by atoms with Crippen LogP contribution in [-0.4, -0.2) is 34.1 Å². The summed E-state index contributed by atoms with van der Waals surface area (Å²) in [6.45, 7) is 3.44. The Balaban J connectivity index is 1.90. The number of hydrogen-bond acceptors (Lipinski definition) is 6. The van der Waals surface area contributed by atoms with Crippen LogP contribution in [0.15, 0.2) is 33.2 Å². The molecule has 2 aromatic rings. The summed E-state index contributed by atoms with van der Waals surface area (Å²) in [6, 6.07) is 6.08. The van der Waals surface area contributed by atoms with Crippen LogP contribution in [0.4, 0.5) is 0 Å². The SMILES string of the molecule is Cc1cc(Br)c(OC(=O)CCCCC(=O)Oc2c(Br)cc(C)cc2C(=O)O)c(C(=O)O)c1. The van der Waals surface area contributed by atoms with E-state index in [1.807, 2.05) is 0 Å². The van der Waals surface area contributed by atoms with Crippen LogP contribution in [0.3, 0.4) is 0 Å². The fourth-order valence-electron chi connectivity index (χ4n) is 2.85. The van der Waals surface area contributed by atoms with Crippen molar-refractivity contribution in [1.29, 1.82) is 0 Å². The van der Waals surface area contributed by atoms with Crippen LogP contribution in [0.2, 0.25) is 0 Å². The van der Waals surface area contributed by atoms with Gasteiger partial charge in [0.15, 0.2) is 11.5 Å². The summed E-state index contributed by atoms with van der Waals surface area (Å²) in [6.07, 6.45) is 0.504. The van der Waals surface area contributed by atoms with Gasteiger partial charge in [0.25, 0.3) is 0 Å². The minimum Gasteiger partial charge on any atom is -0.478 e. The second-order valence-corrected chi connectivity index (χ2v) is 8.72. The highest BCUT2D eigenvalue weighted by molar-refractivity contribution is 9.11. The summed E-state index contributed by atoms with van der Waals surface area (Å²) in [7, 11) is 0. The van der Waals surface area contributed by atoms with Gasteiger partial charge in [-0.1, -0.05) is 0 Å². The Morgan fingerprint density at radius 2 is 1.06 bits per heavy atom. The molecule has 2 aromatic carbocycles. The van der Waals surface area contributed by atoms with Gasteiger partial charge in [0.05, 0.1) is 8.95 Å². The predicted octanol–water partition coefficient (Wildman–Crippen LogP) is 5.30. The quantitative estimate of drug-likeness (QED) is 0.236. The number of aromatic carboxylic acids is 2. The monoisotopic (exact) mass is 570 g/mol. The fraction of sp³-hybridized carbons (Fsp3) is 0.273. The van der Waals surface area contributed by atoms with Crippen LogP contribution in [0, 0.1) is 13.8 Å². The number of carbonyl (C=O) groups excluding carboxylic acids is 2. The van der Waals surface area contributed by atoms with E-state index in [0.29, 0.717) is 32.9 Å². The zero-order valence-corrected chi connectivity index (χ0v) is 20.4. The van der Waals surface area contributed by atoms with Crippen molar-refractivity contribution in [2.24, 2.45) is 0 Å². The van der Waals surface area contributed by atoms with Gasteiger partial charge in [0.2, 0.25) is 0 Å². The van der Waals surface area contributed by atoms with Gasteiger partial charge in [-0.3, -0.25) is 9.59 Å². The Labute approximate surface area is 200 Å². The molecule has 0 bridgehead atoms. The summed E-state index contributed by atoms with van der Waals surface area (Å²) in [5.74, 6) is -3.86. The maximum atomic E-state index is 12.1. The highest BCUT2D eigenvalue weighted by atomic mass is 79.9. The molecule has 0 atom stereocenters. The third kappa shape index (κ3) is 6.89. The van der Waals surface area contributed by atoms with Gasteiger partial charge >= 0.3 is 23.9 Å². The second kappa shape index (κ2) is 11.2. The van der Waals surface area contributed by atoms with E-state index in [2.05, 4.69) is 31.9 Å². The van der Waals surface area contributed by atoms with E-state index < -0.39 is 23.9 Å². The third-order valence-electron chi connectivity index (χ3n) is 4.28. The number of benzene rings is 2. The van der Waals surface area contributed by atoms with Gasteiger partial charge in [-0.2, -0.15) is 0 Å². The average Bonchev–Trinajstić information content (AvgIpc) is 2.68. The smallest absolute Gasteiger partial charge is 0.339 e. The minimum absolute atomic E-state index is 0.0404. The number of carboxylic acid groups (broad SMARTS) is 2. The van der Waals surface area contributed by atoms with Crippen molar-refractivity contribution < 1.29 is 38.9 Å². The largest absolute Gasteiger partial charge is 0.478 e. The van der Waals surface area contributed by atoms with E-state index in [0.717, 1.165) is 0 Å². The number of ether oxygens (including phenoxy) is 2. The number of hydrogen-bond donors (Lipinski definition) is 2. The van der Waals surface area contributed by atoms with Crippen molar-refractivity contribution in [3.63, 3.8) is 0 Å². The summed E-state index contributed by atoms with van der Waals surface area (Å²) in [5, 5.41) is 18.6. The van der Waals surface area contributed by atoms with E-state index in [-0.39, 0.29) is 35.5 Å². The zero-order valence-electron chi connectivity index (χ0n) is 17.2. The second-order valence-electron chi connectivity index (χ2n) is 7.01. The first-order chi connectivity index (χ1) is 15.0. The standard InChI is InChI=1S/C22H20Br2O8/c1-11-7-13(21(27)28)19(15(23)9-11)31-17(25)5-3-4-6-18(26)32-20-14(22(29)30)8-12(2)10-16(20)24/h7-10H,3-6H2,1-2H3,(H,27,28)(H,29,30). The maximum Gasteiger partial charge on any atom is 0.339 e. The molecule has 170 valence electrons. The van der Waals surface area contributed by atoms with Gasteiger partial charge in [-0.05, 0) is 93.9 Å². The van der Waals surface area contributed by atoms with Gasteiger partial charge in [0.1, 0.15) is 11.1 Å². The van der Waals surface area contributed by atoms with Crippen LogP contribution in [-0.2, 0) is 9.59 Å². The third-order valence-corrected chi connectivity index (χ3v) is 5.46. The molecule has 2 N–H and O–H groups in total. The Hall–Kier alpha value is -2.72. The van der Waals surface area contributed by atoms with Crippen LogP contribution < -0.4 is 9.47 Å². The molecule has 0 aromatic heterocycles. The number of esters is 2. The molecule has 10 heteroatoms. The Morgan fingerprint density at radius 3 is 1.38 bits per heavy atom. The average molecular weight is 572 g/mol. The normalized spacial score (nSPS) is 10.5. The van der Waals surface area contributed by atoms with Gasteiger partial charge in [-0.15, -0.1) is 0 Å². The lowest BCUT2D eigenvalue weighted by Crippen LogP contribution is -2.13. The van der Waals surface area contributed by atoms with E-state index in [4.69, 9.17) is 9.47 Å². The zero-order chi connectivity index (χ0) is 24.0. The molecule has 0 heterocycles. The van der Waals surface area contributed by atoms with Gasteiger partial charge < -0.3 is 19.7 Å². The van der Waals surface area contributed by atoms with E-state index >= 15 is 0 Å². The van der Waals surface area contributed by atoms with E-state index in [1.54, 1.807) is 26.0 Å². The van der Waals surface area contributed by atoms with Crippen molar-refractivity contribution in [3.05, 3.63) is 55.5 Å². The summed E-state index contributed by atoms with van der Waals surface area (Å²) in [5.41, 5.74) is 1.12. The van der Waals surface area contributed by atoms with Crippen molar-refractivity contribution in [3.8, 4) is 11.5 Å². The minimum atomic E-state index is -1.22. The summed E-state index contributed by atoms with van der Waals surface area (Å²) >= 11 is 6.41. The van der Waals surface area contributed by atoms with Crippen molar-refractivity contribution in [1.82, 2.24) is 0 Å². The molecule has 0 spiro atoms. The molecule has 0 radical (unpaired) electrons. The van der Waals surface area contributed by atoms with Crippen LogP contribution in [0.1, 0.15) is 57.5 Å². The molecule has 2 rings (SSSR count). The molecule has 8 nitrogen and oxygen atoms in total. The molecule has 0 unspecified atom stereocenters. The number of halogens is 2. The number of rotatable bonds is 9. The molecule has 32 heavy (non-hydrogen) atoms. The molecule has 0 saturated heterocycles. The molecule has 0 aliphatic carbocycles. The molecule has 0 saturated carbocycles. The van der Waals surface area contributed by atoms with Crippen LogP contribution in [0.25, 0.3) is 0 Å². The lowest BCUT2D eigenvalue weighted by atomic mass is 10.1. The fourth-order valence-corrected chi connectivity index (χ4v) is 4.16. The van der Waals surface area contributed by atoms with Crippen molar-refractivity contribution in [2.45, 2.75) is 39.5 Å². The number of carbonyl (C=O) groups is 4.